The topological polar surface area (TPSA) is 136 Å². The molecule has 2 saturated carbocycles. The molecule has 2 aliphatic rings. The van der Waals surface area contributed by atoms with Crippen LogP contribution in [-0.2, 0) is 0 Å². The van der Waals surface area contributed by atoms with E-state index >= 15 is 0 Å². The standard InChI is InChI=1S/C23H30N6O3S/c1-10-16(21-28-17-11(2)24-8-7-15(17)33-21)20(29-22(25-10)26-12-5-6-12)27-14-9-13(23(3,4)32)18(30)19(14)31/h7-8,12-14,18-19,30-32H,5-6,9H2,1-4H3,(H2,25,26,27,29)/t13-,14+,18+,19-/m0/s1. The Balaban J connectivity index is 1.55. The van der Waals surface area contributed by atoms with Gasteiger partial charge in [0.05, 0.1) is 39.4 Å². The van der Waals surface area contributed by atoms with Crippen LogP contribution in [-0.4, -0.2) is 65.1 Å². The summed E-state index contributed by atoms with van der Waals surface area (Å²) in [6.07, 6.45) is 2.30. The molecular formula is C23H30N6O3S. The Morgan fingerprint density at radius 1 is 1.03 bits per heavy atom. The van der Waals surface area contributed by atoms with Crippen LogP contribution < -0.4 is 10.6 Å². The van der Waals surface area contributed by atoms with Gasteiger partial charge in [0, 0.05) is 18.2 Å². The number of thiazole rings is 1. The van der Waals surface area contributed by atoms with Gasteiger partial charge in [0.15, 0.2) is 0 Å². The summed E-state index contributed by atoms with van der Waals surface area (Å²) in [6.45, 7) is 7.18. The number of hydrogen-bond acceptors (Lipinski definition) is 10. The van der Waals surface area contributed by atoms with E-state index in [-0.39, 0.29) is 0 Å². The third-order valence-corrected chi connectivity index (χ3v) is 7.65. The first-order valence-electron chi connectivity index (χ1n) is 11.3. The summed E-state index contributed by atoms with van der Waals surface area (Å²) in [7, 11) is 0. The molecule has 4 atom stereocenters. The molecule has 9 nitrogen and oxygen atoms in total. The van der Waals surface area contributed by atoms with E-state index in [4.69, 9.17) is 9.97 Å². The minimum Gasteiger partial charge on any atom is -0.390 e. The van der Waals surface area contributed by atoms with Gasteiger partial charge in [0.25, 0.3) is 0 Å². The quantitative estimate of drug-likeness (QED) is 0.368. The summed E-state index contributed by atoms with van der Waals surface area (Å²) in [5.74, 6) is 0.631. The van der Waals surface area contributed by atoms with Crippen molar-refractivity contribution in [1.82, 2.24) is 19.9 Å². The first-order chi connectivity index (χ1) is 15.6. The van der Waals surface area contributed by atoms with Crippen molar-refractivity contribution in [3.05, 3.63) is 23.7 Å². The summed E-state index contributed by atoms with van der Waals surface area (Å²) >= 11 is 1.55. The van der Waals surface area contributed by atoms with E-state index in [0.29, 0.717) is 24.2 Å². The minimum atomic E-state index is -1.11. The molecule has 3 aromatic rings. The van der Waals surface area contributed by atoms with E-state index in [1.807, 2.05) is 19.9 Å². The van der Waals surface area contributed by atoms with Gasteiger partial charge in [-0.2, -0.15) is 4.98 Å². The molecule has 10 heteroatoms. The van der Waals surface area contributed by atoms with Crippen molar-refractivity contribution in [3.63, 3.8) is 0 Å². The van der Waals surface area contributed by atoms with E-state index in [0.717, 1.165) is 45.0 Å². The second-order valence-electron chi connectivity index (χ2n) is 9.76. The Kier molecular flexibility index (Phi) is 5.51. The first-order valence-corrected chi connectivity index (χ1v) is 12.2. The van der Waals surface area contributed by atoms with Gasteiger partial charge in [-0.1, -0.05) is 0 Å². The number of pyridine rings is 1. The van der Waals surface area contributed by atoms with Crippen LogP contribution in [0, 0.1) is 19.8 Å². The first kappa shape index (κ1) is 22.4. The molecule has 33 heavy (non-hydrogen) atoms. The van der Waals surface area contributed by atoms with Crippen LogP contribution in [0.3, 0.4) is 0 Å². The molecule has 0 unspecified atom stereocenters. The highest BCUT2D eigenvalue weighted by atomic mass is 32.1. The molecule has 0 saturated heterocycles. The van der Waals surface area contributed by atoms with Gasteiger partial charge in [-0.3, -0.25) is 4.98 Å². The largest absolute Gasteiger partial charge is 0.390 e. The molecule has 0 aromatic carbocycles. The molecule has 176 valence electrons. The average Bonchev–Trinajstić information content (AvgIpc) is 3.36. The van der Waals surface area contributed by atoms with Crippen LogP contribution in [0.1, 0.15) is 44.5 Å². The van der Waals surface area contributed by atoms with Crippen molar-refractivity contribution < 1.29 is 15.3 Å². The van der Waals surface area contributed by atoms with E-state index in [9.17, 15) is 15.3 Å². The third kappa shape index (κ3) is 4.28. The maximum atomic E-state index is 10.8. The molecule has 5 rings (SSSR count). The number of fused-ring (bicyclic) bond motifs is 1. The van der Waals surface area contributed by atoms with Crippen LogP contribution in [0.15, 0.2) is 12.3 Å². The van der Waals surface area contributed by atoms with Crippen LogP contribution in [0.25, 0.3) is 20.8 Å². The van der Waals surface area contributed by atoms with Gasteiger partial charge in [0.2, 0.25) is 5.95 Å². The zero-order valence-electron chi connectivity index (χ0n) is 19.2. The van der Waals surface area contributed by atoms with E-state index < -0.39 is 29.8 Å². The fourth-order valence-corrected chi connectivity index (χ4v) is 5.66. The van der Waals surface area contributed by atoms with Gasteiger partial charge in [-0.05, 0) is 53.0 Å². The number of anilines is 2. The lowest BCUT2D eigenvalue weighted by atomic mass is 9.88. The molecule has 0 radical (unpaired) electrons. The Morgan fingerprint density at radius 2 is 1.79 bits per heavy atom. The van der Waals surface area contributed by atoms with E-state index in [1.165, 1.54) is 0 Å². The molecule has 0 amide bonds. The van der Waals surface area contributed by atoms with Crippen molar-refractivity contribution in [3.8, 4) is 10.6 Å². The Hall–Kier alpha value is -2.40. The highest BCUT2D eigenvalue weighted by Gasteiger charge is 2.48. The molecular weight excluding hydrogens is 440 g/mol. The Labute approximate surface area is 196 Å². The summed E-state index contributed by atoms with van der Waals surface area (Å²) < 4.78 is 1.03. The summed E-state index contributed by atoms with van der Waals surface area (Å²) in [5, 5.41) is 39.3. The van der Waals surface area contributed by atoms with E-state index in [2.05, 4.69) is 20.6 Å². The number of aromatic nitrogens is 4. The monoisotopic (exact) mass is 470 g/mol. The van der Waals surface area contributed by atoms with Gasteiger partial charge < -0.3 is 26.0 Å². The molecule has 3 heterocycles. The summed E-state index contributed by atoms with van der Waals surface area (Å²) in [4.78, 5) is 18.6. The smallest absolute Gasteiger partial charge is 0.225 e. The highest BCUT2D eigenvalue weighted by Crippen LogP contribution is 2.40. The molecule has 3 aromatic heterocycles. The van der Waals surface area contributed by atoms with Gasteiger partial charge >= 0.3 is 0 Å². The fourth-order valence-electron chi connectivity index (χ4n) is 4.55. The number of hydrogen-bond donors (Lipinski definition) is 5. The second kappa shape index (κ2) is 8.12. The molecule has 0 spiro atoms. The van der Waals surface area contributed by atoms with Crippen molar-refractivity contribution >= 4 is 33.3 Å². The SMILES string of the molecule is Cc1nc(NC2CC2)nc(N[C@@H]2C[C@H](C(C)(C)O)[C@@H](O)[C@H]2O)c1-c1nc2c(C)nccc2s1. The lowest BCUT2D eigenvalue weighted by Crippen LogP contribution is -2.40. The molecule has 5 N–H and O–H groups in total. The second-order valence-corrected chi connectivity index (χ2v) is 10.8. The zero-order chi connectivity index (χ0) is 23.5. The summed E-state index contributed by atoms with van der Waals surface area (Å²) in [6, 6.07) is 1.86. The number of rotatable bonds is 6. The molecule has 2 aliphatic carbocycles. The van der Waals surface area contributed by atoms with Crippen LogP contribution in [0.4, 0.5) is 11.8 Å². The van der Waals surface area contributed by atoms with Gasteiger partial charge in [-0.25, -0.2) is 9.97 Å². The lowest BCUT2D eigenvalue weighted by Gasteiger charge is -2.28. The minimum absolute atomic E-state index is 0.387. The number of nitrogens with zero attached hydrogens (tertiary/aromatic N) is 4. The number of aryl methyl sites for hydroxylation is 2. The maximum absolute atomic E-state index is 10.8. The molecule has 2 fully saturated rings. The van der Waals surface area contributed by atoms with Gasteiger partial charge in [-0.15, -0.1) is 11.3 Å². The van der Waals surface area contributed by atoms with Crippen LogP contribution >= 0.6 is 11.3 Å². The van der Waals surface area contributed by atoms with Gasteiger partial charge in [0.1, 0.15) is 22.4 Å². The maximum Gasteiger partial charge on any atom is 0.225 e. The molecule has 0 aliphatic heterocycles. The van der Waals surface area contributed by atoms with E-state index in [1.54, 1.807) is 31.4 Å². The number of aliphatic hydroxyl groups is 3. The third-order valence-electron chi connectivity index (χ3n) is 6.62. The predicted octanol–water partition coefficient (Wildman–Crippen LogP) is 2.63. The normalized spacial score (nSPS) is 25.5. The van der Waals surface area contributed by atoms with Crippen molar-refractivity contribution in [1.29, 1.82) is 0 Å². The van der Waals surface area contributed by atoms with Crippen LogP contribution in [0.2, 0.25) is 0 Å². The lowest BCUT2D eigenvalue weighted by molar-refractivity contribution is -0.0601. The zero-order valence-corrected chi connectivity index (χ0v) is 20.0. The highest BCUT2D eigenvalue weighted by molar-refractivity contribution is 7.21. The predicted molar refractivity (Wildman–Crippen MR) is 128 cm³/mol. The Morgan fingerprint density at radius 3 is 2.42 bits per heavy atom. The van der Waals surface area contributed by atoms with Crippen molar-refractivity contribution in [2.24, 2.45) is 5.92 Å². The van der Waals surface area contributed by atoms with Crippen molar-refractivity contribution in [2.75, 3.05) is 10.6 Å². The number of nitrogens with one attached hydrogen (secondary N) is 2. The van der Waals surface area contributed by atoms with Crippen LogP contribution in [0.5, 0.6) is 0 Å². The average molecular weight is 471 g/mol. The van der Waals surface area contributed by atoms with Crippen molar-refractivity contribution in [2.45, 2.75) is 76.9 Å². The Bertz CT molecular complexity index is 1190. The number of aliphatic hydroxyl groups excluding tert-OH is 2. The fraction of sp³-hybridized carbons (Fsp3) is 0.565. The molecule has 0 bridgehead atoms. The summed E-state index contributed by atoms with van der Waals surface area (Å²) in [5.41, 5.74) is 2.13.